The first-order valence-electron chi connectivity index (χ1n) is 10.0. The molecular formula is C24H20N2O6S. The molecule has 1 aliphatic heterocycles. The van der Waals surface area contributed by atoms with Crippen molar-refractivity contribution >= 4 is 39.9 Å². The Labute approximate surface area is 193 Å². The number of nitrogens with zero attached hydrogens (tertiary/aromatic N) is 2. The fraction of sp³-hybridized carbons (Fsp3) is 0.208. The zero-order valence-corrected chi connectivity index (χ0v) is 18.9. The lowest BCUT2D eigenvalue weighted by atomic mass is 9.86. The molecule has 1 saturated heterocycles. The maximum atomic E-state index is 13.5. The first kappa shape index (κ1) is 22.3. The Morgan fingerprint density at radius 3 is 2.27 bits per heavy atom. The number of anilines is 1. The number of thiazole rings is 1. The second-order valence-electron chi connectivity index (χ2n) is 7.37. The molecule has 3 aromatic rings. The van der Waals surface area contributed by atoms with E-state index in [1.165, 1.54) is 19.1 Å². The van der Waals surface area contributed by atoms with Crippen LogP contribution in [0.2, 0.25) is 0 Å². The summed E-state index contributed by atoms with van der Waals surface area (Å²) >= 11 is 0.948. The minimum atomic E-state index is -1.26. The highest BCUT2D eigenvalue weighted by atomic mass is 32.1. The number of aromatic nitrogens is 1. The number of methoxy groups -OCH3 is 2. The summed E-state index contributed by atoms with van der Waals surface area (Å²) in [6, 6.07) is 14.3. The van der Waals surface area contributed by atoms with E-state index in [2.05, 4.69) is 4.98 Å². The minimum Gasteiger partial charge on any atom is -0.497 e. The van der Waals surface area contributed by atoms with Crippen molar-refractivity contribution in [3.8, 4) is 5.75 Å². The highest BCUT2D eigenvalue weighted by Gasteiger charge is 2.53. The average molecular weight is 464 g/mol. The minimum absolute atomic E-state index is 0.158. The van der Waals surface area contributed by atoms with Gasteiger partial charge in [0.1, 0.15) is 16.5 Å². The summed E-state index contributed by atoms with van der Waals surface area (Å²) in [4.78, 5) is 57.6. The van der Waals surface area contributed by atoms with Crippen LogP contribution in [0, 0.1) is 12.8 Å². The van der Waals surface area contributed by atoms with Crippen LogP contribution in [0.4, 0.5) is 5.13 Å². The van der Waals surface area contributed by atoms with Crippen molar-refractivity contribution < 1.29 is 28.7 Å². The number of carbonyl (C=O) groups excluding carboxylic acids is 4. The summed E-state index contributed by atoms with van der Waals surface area (Å²) in [5.41, 5.74) is 1.27. The number of hydrogen-bond donors (Lipinski definition) is 0. The highest BCUT2D eigenvalue weighted by Crippen LogP contribution is 2.43. The van der Waals surface area contributed by atoms with E-state index >= 15 is 0 Å². The molecule has 0 N–H and O–H groups in total. The molecule has 9 heteroatoms. The van der Waals surface area contributed by atoms with Crippen LogP contribution >= 0.6 is 11.3 Å². The van der Waals surface area contributed by atoms with E-state index < -0.39 is 35.4 Å². The molecule has 1 amide bonds. The van der Waals surface area contributed by atoms with Crippen LogP contribution in [0.1, 0.15) is 37.3 Å². The lowest BCUT2D eigenvalue weighted by Crippen LogP contribution is -2.30. The summed E-state index contributed by atoms with van der Waals surface area (Å²) < 4.78 is 9.92. The zero-order chi connectivity index (χ0) is 23.7. The fourth-order valence-electron chi connectivity index (χ4n) is 3.83. The molecule has 1 aromatic heterocycles. The zero-order valence-electron chi connectivity index (χ0n) is 18.1. The third-order valence-electron chi connectivity index (χ3n) is 5.47. The van der Waals surface area contributed by atoms with Gasteiger partial charge in [-0.3, -0.25) is 19.3 Å². The number of Topliss-reactive ketones (excluding diaryl/α,β-unsaturated/α-hetero) is 2. The van der Waals surface area contributed by atoms with E-state index in [-0.39, 0.29) is 15.6 Å². The first-order valence-corrected chi connectivity index (χ1v) is 10.9. The highest BCUT2D eigenvalue weighted by molar-refractivity contribution is 7.17. The quantitative estimate of drug-likeness (QED) is 0.238. The summed E-state index contributed by atoms with van der Waals surface area (Å²) in [5.74, 6) is -3.43. The third-order valence-corrected chi connectivity index (χ3v) is 6.60. The maximum absolute atomic E-state index is 13.5. The standard InChI is InChI=1S/C24H20N2O6S/c1-13-21(23(30)32-3)33-24(25-13)26-18(14-7-5-4-6-8-14)17(20(28)22(26)29)19(27)15-9-11-16(31-2)12-10-15/h4-12,17-18H,1-3H3. The molecule has 2 heterocycles. The van der Waals surface area contributed by atoms with Gasteiger partial charge >= 0.3 is 5.97 Å². The molecule has 0 saturated carbocycles. The van der Waals surface area contributed by atoms with E-state index in [1.807, 2.05) is 0 Å². The van der Waals surface area contributed by atoms with E-state index in [4.69, 9.17) is 9.47 Å². The van der Waals surface area contributed by atoms with Crippen molar-refractivity contribution in [1.82, 2.24) is 4.98 Å². The largest absolute Gasteiger partial charge is 0.497 e. The monoisotopic (exact) mass is 464 g/mol. The van der Waals surface area contributed by atoms with Crippen LogP contribution in [0.15, 0.2) is 54.6 Å². The van der Waals surface area contributed by atoms with E-state index in [0.717, 1.165) is 11.3 Å². The maximum Gasteiger partial charge on any atom is 0.350 e. The Hall–Kier alpha value is -3.85. The number of amides is 1. The van der Waals surface area contributed by atoms with Gasteiger partial charge in [0.15, 0.2) is 10.9 Å². The van der Waals surface area contributed by atoms with Gasteiger partial charge in [-0.1, -0.05) is 41.7 Å². The topological polar surface area (TPSA) is 103 Å². The number of hydrogen-bond acceptors (Lipinski definition) is 8. The van der Waals surface area contributed by atoms with Crippen molar-refractivity contribution in [2.75, 3.05) is 19.1 Å². The molecule has 2 atom stereocenters. The van der Waals surface area contributed by atoms with Crippen LogP contribution in [0.3, 0.4) is 0 Å². The Bertz CT molecular complexity index is 1240. The molecule has 0 radical (unpaired) electrons. The van der Waals surface area contributed by atoms with Gasteiger partial charge in [0.05, 0.1) is 26.0 Å². The molecular weight excluding hydrogens is 444 g/mol. The first-order chi connectivity index (χ1) is 15.9. The van der Waals surface area contributed by atoms with Gasteiger partial charge in [0, 0.05) is 5.56 Å². The van der Waals surface area contributed by atoms with Gasteiger partial charge in [0.2, 0.25) is 5.78 Å². The van der Waals surface area contributed by atoms with Gasteiger partial charge in [0.25, 0.3) is 5.91 Å². The SMILES string of the molecule is COC(=O)c1sc(N2C(=O)C(=O)C(C(=O)c3ccc(OC)cc3)C2c2ccccc2)nc1C. The van der Waals surface area contributed by atoms with Crippen molar-refractivity contribution in [1.29, 1.82) is 0 Å². The van der Waals surface area contributed by atoms with Gasteiger partial charge in [-0.25, -0.2) is 9.78 Å². The molecule has 0 spiro atoms. The van der Waals surface area contributed by atoms with E-state index in [9.17, 15) is 19.2 Å². The van der Waals surface area contributed by atoms with E-state index in [0.29, 0.717) is 17.0 Å². The third kappa shape index (κ3) is 3.91. The van der Waals surface area contributed by atoms with Crippen LogP contribution in [-0.4, -0.2) is 42.6 Å². The van der Waals surface area contributed by atoms with Gasteiger partial charge in [-0.15, -0.1) is 0 Å². The van der Waals surface area contributed by atoms with E-state index in [1.54, 1.807) is 61.5 Å². The predicted molar refractivity (Wildman–Crippen MR) is 121 cm³/mol. The van der Waals surface area contributed by atoms with Crippen LogP contribution in [-0.2, 0) is 14.3 Å². The Morgan fingerprint density at radius 1 is 1.00 bits per heavy atom. The van der Waals surface area contributed by atoms with Crippen molar-refractivity contribution in [2.24, 2.45) is 5.92 Å². The number of ketones is 2. The van der Waals surface area contributed by atoms with Crippen LogP contribution in [0.5, 0.6) is 5.75 Å². The van der Waals surface area contributed by atoms with Crippen molar-refractivity contribution in [2.45, 2.75) is 13.0 Å². The number of aryl methyl sites for hydroxylation is 1. The van der Waals surface area contributed by atoms with Gasteiger partial charge in [-0.05, 0) is 36.8 Å². The van der Waals surface area contributed by atoms with Crippen molar-refractivity contribution in [3.05, 3.63) is 76.3 Å². The summed E-state index contributed by atoms with van der Waals surface area (Å²) in [6.45, 7) is 1.62. The molecule has 0 aliphatic carbocycles. The van der Waals surface area contributed by atoms with Crippen molar-refractivity contribution in [3.63, 3.8) is 0 Å². The number of carbonyl (C=O) groups is 4. The predicted octanol–water partition coefficient (Wildman–Crippen LogP) is 3.40. The molecule has 8 nitrogen and oxygen atoms in total. The molecule has 1 fully saturated rings. The summed E-state index contributed by atoms with van der Waals surface area (Å²) in [5, 5.41) is 0.158. The average Bonchev–Trinajstić information content (AvgIpc) is 3.35. The molecule has 0 bridgehead atoms. The Morgan fingerprint density at radius 2 is 1.67 bits per heavy atom. The smallest absolute Gasteiger partial charge is 0.350 e. The van der Waals surface area contributed by atoms with Gasteiger partial charge < -0.3 is 9.47 Å². The molecule has 1 aliphatic rings. The molecule has 2 unspecified atom stereocenters. The lowest BCUT2D eigenvalue weighted by Gasteiger charge is -2.25. The number of ether oxygens (including phenoxy) is 2. The number of rotatable bonds is 6. The Kier molecular flexibility index (Phi) is 6.06. The fourth-order valence-corrected chi connectivity index (χ4v) is 4.85. The number of esters is 1. The Balaban J connectivity index is 1.82. The molecule has 33 heavy (non-hydrogen) atoms. The molecule has 168 valence electrons. The normalized spacial score (nSPS) is 17.8. The van der Waals surface area contributed by atoms with Gasteiger partial charge in [-0.2, -0.15) is 0 Å². The van der Waals surface area contributed by atoms with Crippen LogP contribution < -0.4 is 9.64 Å². The second-order valence-corrected chi connectivity index (χ2v) is 8.35. The summed E-state index contributed by atoms with van der Waals surface area (Å²) in [6.07, 6.45) is 0. The second kappa shape index (κ2) is 8.95. The molecule has 4 rings (SSSR count). The number of benzene rings is 2. The summed E-state index contributed by atoms with van der Waals surface area (Å²) in [7, 11) is 2.76. The van der Waals surface area contributed by atoms with Crippen LogP contribution in [0.25, 0.3) is 0 Å². The molecule has 2 aromatic carbocycles. The lowest BCUT2D eigenvalue weighted by molar-refractivity contribution is -0.135.